The third-order valence-corrected chi connectivity index (χ3v) is 5.26. The van der Waals surface area contributed by atoms with Gasteiger partial charge in [0.1, 0.15) is 17.3 Å². The van der Waals surface area contributed by atoms with Crippen molar-refractivity contribution in [1.29, 1.82) is 0 Å². The van der Waals surface area contributed by atoms with E-state index >= 15 is 0 Å². The number of anilines is 1. The minimum absolute atomic E-state index is 0.0526. The summed E-state index contributed by atoms with van der Waals surface area (Å²) in [5.74, 6) is -2.35. The topological polar surface area (TPSA) is 128 Å². The molecular weight excluding hydrogens is 368 g/mol. The number of rotatable bonds is 3. The van der Waals surface area contributed by atoms with E-state index in [1.165, 1.54) is 23.1 Å². The van der Waals surface area contributed by atoms with Crippen molar-refractivity contribution in [2.75, 3.05) is 32.5 Å². The first-order valence-electron chi connectivity index (χ1n) is 7.26. The van der Waals surface area contributed by atoms with Crippen molar-refractivity contribution in [1.82, 2.24) is 4.72 Å². The summed E-state index contributed by atoms with van der Waals surface area (Å²) in [7, 11) is -1.58. The fourth-order valence-corrected chi connectivity index (χ4v) is 3.83. The van der Waals surface area contributed by atoms with Gasteiger partial charge in [0, 0.05) is 5.69 Å². The Kier molecular flexibility index (Phi) is 4.42. The molecule has 2 aliphatic rings. The molecule has 0 atom stereocenters. The number of methoxy groups -OCH3 is 2. The lowest BCUT2D eigenvalue weighted by molar-refractivity contribution is -0.140. The van der Waals surface area contributed by atoms with Gasteiger partial charge in [-0.1, -0.05) is 0 Å². The molecule has 0 saturated carbocycles. The molecule has 3 rings (SSSR count). The van der Waals surface area contributed by atoms with Crippen molar-refractivity contribution >= 4 is 33.6 Å². The highest BCUT2D eigenvalue weighted by molar-refractivity contribution is 7.90. The zero-order valence-electron chi connectivity index (χ0n) is 13.8. The van der Waals surface area contributed by atoms with Gasteiger partial charge >= 0.3 is 11.9 Å². The van der Waals surface area contributed by atoms with E-state index in [1.807, 2.05) is 4.72 Å². The third-order valence-electron chi connectivity index (χ3n) is 3.87. The van der Waals surface area contributed by atoms with Gasteiger partial charge in [0.05, 0.1) is 32.0 Å². The van der Waals surface area contributed by atoms with Crippen molar-refractivity contribution in [3.05, 3.63) is 35.0 Å². The first-order valence-corrected chi connectivity index (χ1v) is 8.74. The van der Waals surface area contributed by atoms with Crippen LogP contribution in [0.3, 0.4) is 0 Å². The van der Waals surface area contributed by atoms with E-state index in [0.717, 1.165) is 14.2 Å². The van der Waals surface area contributed by atoms with Crippen molar-refractivity contribution in [2.24, 2.45) is 0 Å². The van der Waals surface area contributed by atoms with E-state index in [9.17, 15) is 22.8 Å². The number of nitrogens with one attached hydrogen (secondary N) is 1. The number of nitrogens with zero attached hydrogens (tertiary/aromatic N) is 1. The van der Waals surface area contributed by atoms with Gasteiger partial charge in [-0.05, 0) is 18.2 Å². The van der Waals surface area contributed by atoms with Crippen molar-refractivity contribution in [2.45, 2.75) is 4.90 Å². The predicted molar refractivity (Wildman–Crippen MR) is 85.5 cm³/mol. The van der Waals surface area contributed by atoms with E-state index in [0.29, 0.717) is 0 Å². The van der Waals surface area contributed by atoms with Crippen LogP contribution in [-0.4, -0.2) is 53.8 Å². The molecule has 10 nitrogen and oxygen atoms in total. The molecule has 0 radical (unpaired) electrons. The summed E-state index contributed by atoms with van der Waals surface area (Å²) in [6.45, 7) is -0.272. The van der Waals surface area contributed by atoms with Crippen LogP contribution in [0.4, 0.5) is 5.69 Å². The van der Waals surface area contributed by atoms with E-state index in [-0.39, 0.29) is 40.8 Å². The molecule has 1 N–H and O–H groups in total. The van der Waals surface area contributed by atoms with Gasteiger partial charge in [0.2, 0.25) is 0 Å². The Labute approximate surface area is 148 Å². The molecule has 2 heterocycles. The molecule has 0 spiro atoms. The molecule has 138 valence electrons. The average molecular weight is 382 g/mol. The molecule has 0 aromatic heterocycles. The van der Waals surface area contributed by atoms with Gasteiger partial charge in [-0.25, -0.2) is 22.7 Å². The lowest BCUT2D eigenvalue weighted by atomic mass is 10.1. The van der Waals surface area contributed by atoms with E-state index < -0.39 is 27.9 Å². The number of benzene rings is 1. The lowest BCUT2D eigenvalue weighted by Gasteiger charge is -2.31. The van der Waals surface area contributed by atoms with Crippen LogP contribution in [0.5, 0.6) is 0 Å². The highest BCUT2D eigenvalue weighted by Gasteiger charge is 2.36. The summed E-state index contributed by atoms with van der Waals surface area (Å²) in [5.41, 5.74) is 0.0457. The van der Waals surface area contributed by atoms with Crippen LogP contribution in [0.25, 0.3) is 0 Å². The Bertz CT molecular complexity index is 950. The van der Waals surface area contributed by atoms with Gasteiger partial charge in [-0.15, -0.1) is 0 Å². The molecule has 1 amide bonds. The van der Waals surface area contributed by atoms with Crippen LogP contribution in [0.1, 0.15) is 10.4 Å². The molecule has 1 aromatic rings. The van der Waals surface area contributed by atoms with Gasteiger partial charge in [0.25, 0.3) is 15.9 Å². The average Bonchev–Trinajstić information content (AvgIpc) is 2.88. The number of sulfonamides is 1. The fraction of sp³-hybridized carbons (Fsp3) is 0.267. The number of esters is 2. The summed E-state index contributed by atoms with van der Waals surface area (Å²) in [6.07, 6.45) is 0. The molecular formula is C15H14N2O8S. The number of hydrogen-bond donors (Lipinski definition) is 1. The van der Waals surface area contributed by atoms with E-state index in [4.69, 9.17) is 9.47 Å². The maximum Gasteiger partial charge on any atom is 0.355 e. The summed E-state index contributed by atoms with van der Waals surface area (Å²) in [4.78, 5) is 37.2. The van der Waals surface area contributed by atoms with Crippen LogP contribution in [-0.2, 0) is 33.8 Å². The second-order valence-electron chi connectivity index (χ2n) is 5.33. The fourth-order valence-electron chi connectivity index (χ4n) is 2.68. The Morgan fingerprint density at radius 1 is 1.19 bits per heavy atom. The summed E-state index contributed by atoms with van der Waals surface area (Å²) < 4.78 is 40.3. The molecule has 0 saturated heterocycles. The monoisotopic (exact) mass is 382 g/mol. The molecule has 2 aliphatic heterocycles. The summed E-state index contributed by atoms with van der Waals surface area (Å²) in [5, 5.41) is 0. The number of amides is 1. The quantitative estimate of drug-likeness (QED) is 0.689. The van der Waals surface area contributed by atoms with Gasteiger partial charge in [0.15, 0.2) is 0 Å². The van der Waals surface area contributed by atoms with Gasteiger partial charge in [-0.3, -0.25) is 4.79 Å². The van der Waals surface area contributed by atoms with Crippen LogP contribution >= 0.6 is 0 Å². The maximum absolute atomic E-state index is 12.2. The zero-order chi connectivity index (χ0) is 19.1. The first-order chi connectivity index (χ1) is 12.3. The second kappa shape index (κ2) is 6.42. The molecule has 11 heteroatoms. The molecule has 1 aromatic carbocycles. The molecule has 0 unspecified atom stereocenters. The number of hydrogen-bond acceptors (Lipinski definition) is 9. The summed E-state index contributed by atoms with van der Waals surface area (Å²) in [6, 6.07) is 3.92. The van der Waals surface area contributed by atoms with Crippen molar-refractivity contribution in [3.63, 3.8) is 0 Å². The van der Waals surface area contributed by atoms with Crippen LogP contribution in [0.2, 0.25) is 0 Å². The Hall–Kier alpha value is -2.92. The molecule has 0 fully saturated rings. The largest absolute Gasteiger partial charge is 0.466 e. The van der Waals surface area contributed by atoms with Crippen LogP contribution < -0.4 is 9.62 Å². The van der Waals surface area contributed by atoms with E-state index in [2.05, 4.69) is 4.74 Å². The highest BCUT2D eigenvalue weighted by Crippen LogP contribution is 2.31. The third kappa shape index (κ3) is 2.80. The first kappa shape index (κ1) is 17.9. The Balaban J connectivity index is 2.14. The molecule has 0 aliphatic carbocycles. The van der Waals surface area contributed by atoms with Crippen LogP contribution in [0.15, 0.2) is 34.4 Å². The Morgan fingerprint density at radius 3 is 2.54 bits per heavy atom. The van der Waals surface area contributed by atoms with Crippen molar-refractivity contribution in [3.8, 4) is 0 Å². The SMILES string of the molecule is COC(=O)C1=C(C(=O)OC)N(c2ccc3c(c2)C(=O)NS3(=O)=O)COC1. The minimum atomic E-state index is -3.89. The number of ether oxygens (including phenoxy) is 3. The maximum atomic E-state index is 12.2. The number of fused-ring (bicyclic) bond motifs is 1. The van der Waals surface area contributed by atoms with Crippen molar-refractivity contribution < 1.29 is 37.0 Å². The minimum Gasteiger partial charge on any atom is -0.466 e. The normalized spacial score (nSPS) is 18.2. The highest BCUT2D eigenvalue weighted by atomic mass is 32.2. The molecule has 26 heavy (non-hydrogen) atoms. The van der Waals surface area contributed by atoms with E-state index in [1.54, 1.807) is 0 Å². The predicted octanol–water partition coefficient (Wildman–Crippen LogP) is -0.487. The number of carbonyl (C=O) groups is 3. The smallest absolute Gasteiger partial charge is 0.355 e. The molecule has 0 bridgehead atoms. The van der Waals surface area contributed by atoms with Gasteiger partial charge < -0.3 is 19.1 Å². The summed E-state index contributed by atoms with van der Waals surface area (Å²) >= 11 is 0. The number of carbonyl (C=O) groups excluding carboxylic acids is 3. The Morgan fingerprint density at radius 2 is 1.88 bits per heavy atom. The standard InChI is InChI=1S/C15H14N2O8S/c1-23-14(19)10-6-25-7-17(12(10)15(20)24-2)8-3-4-11-9(5-8)13(18)16-26(11,21)22/h3-5H,6-7H2,1-2H3,(H,16,18). The lowest BCUT2D eigenvalue weighted by Crippen LogP contribution is -2.38. The van der Waals surface area contributed by atoms with Crippen LogP contribution in [0, 0.1) is 0 Å². The van der Waals surface area contributed by atoms with Gasteiger partial charge in [-0.2, -0.15) is 0 Å². The zero-order valence-corrected chi connectivity index (χ0v) is 14.6. The second-order valence-corrected chi connectivity index (χ2v) is 6.98.